The molecule has 1 saturated heterocycles. The molecule has 8 heteroatoms. The molecule has 2 heterocycles. The highest BCUT2D eigenvalue weighted by Gasteiger charge is 2.31. The van der Waals surface area contributed by atoms with E-state index in [-0.39, 0.29) is 5.03 Å². The Hall–Kier alpha value is -0.960. The van der Waals surface area contributed by atoms with Gasteiger partial charge >= 0.3 is 0 Å². The van der Waals surface area contributed by atoms with Crippen LogP contribution in [0.15, 0.2) is 17.3 Å². The van der Waals surface area contributed by atoms with Gasteiger partial charge in [-0.1, -0.05) is 0 Å². The average Bonchev–Trinajstić information content (AvgIpc) is 2.74. The minimum Gasteiger partial charge on any atom is -0.389 e. The van der Waals surface area contributed by atoms with E-state index in [1.807, 2.05) is 0 Å². The summed E-state index contributed by atoms with van der Waals surface area (Å²) in [5.41, 5.74) is -0.761. The number of hydrogen-bond acceptors (Lipinski definition) is 5. The molecule has 0 amide bonds. The quantitative estimate of drug-likeness (QED) is 0.811. The van der Waals surface area contributed by atoms with Crippen LogP contribution in [0.5, 0.6) is 0 Å². The molecule has 1 fully saturated rings. The van der Waals surface area contributed by atoms with Crippen LogP contribution in [0.1, 0.15) is 13.8 Å². The van der Waals surface area contributed by atoms with Crippen LogP contribution in [0.4, 0.5) is 0 Å². The van der Waals surface area contributed by atoms with Crippen molar-refractivity contribution < 1.29 is 13.5 Å². The largest absolute Gasteiger partial charge is 0.389 e. The van der Waals surface area contributed by atoms with Crippen molar-refractivity contribution in [1.82, 2.24) is 19.0 Å². The third kappa shape index (κ3) is 3.38. The first kappa shape index (κ1) is 15.4. The Morgan fingerprint density at radius 3 is 2.35 bits per heavy atom. The van der Waals surface area contributed by atoms with Crippen LogP contribution < -0.4 is 0 Å². The number of piperazine rings is 1. The summed E-state index contributed by atoms with van der Waals surface area (Å²) in [5, 5.41) is 13.9. The van der Waals surface area contributed by atoms with Gasteiger partial charge in [0.05, 0.1) is 11.8 Å². The molecule has 114 valence electrons. The summed E-state index contributed by atoms with van der Waals surface area (Å²) in [5.74, 6) is 0. The molecule has 0 saturated carbocycles. The minimum atomic E-state index is -3.47. The van der Waals surface area contributed by atoms with Crippen LogP contribution in [0.3, 0.4) is 0 Å². The molecule has 1 aliphatic heterocycles. The highest BCUT2D eigenvalue weighted by molar-refractivity contribution is 7.89. The lowest BCUT2D eigenvalue weighted by molar-refractivity contribution is 0.0262. The molecule has 2 rings (SSSR count). The molecule has 20 heavy (non-hydrogen) atoms. The highest BCUT2D eigenvalue weighted by atomic mass is 32.2. The Kier molecular flexibility index (Phi) is 4.19. The maximum Gasteiger partial charge on any atom is 0.260 e. The van der Waals surface area contributed by atoms with Crippen LogP contribution in [0.25, 0.3) is 0 Å². The maximum absolute atomic E-state index is 12.5. The lowest BCUT2D eigenvalue weighted by Crippen LogP contribution is -2.52. The number of β-amino-alcohol motifs (C(OH)–C–C–N with tert-alkyl or cyclic N) is 1. The molecule has 0 aliphatic carbocycles. The van der Waals surface area contributed by atoms with Crippen molar-refractivity contribution >= 4 is 10.0 Å². The lowest BCUT2D eigenvalue weighted by atomic mass is 10.1. The van der Waals surface area contributed by atoms with Gasteiger partial charge in [0.2, 0.25) is 0 Å². The molecule has 0 atom stereocenters. The Bertz CT molecular complexity index is 554. The second-order valence-corrected chi connectivity index (χ2v) is 7.67. The fourth-order valence-electron chi connectivity index (χ4n) is 2.42. The first-order valence-corrected chi connectivity index (χ1v) is 8.07. The maximum atomic E-state index is 12.5. The third-order valence-electron chi connectivity index (χ3n) is 3.32. The number of aryl methyl sites for hydroxylation is 1. The first-order chi connectivity index (χ1) is 9.20. The zero-order valence-electron chi connectivity index (χ0n) is 12.2. The van der Waals surface area contributed by atoms with Crippen molar-refractivity contribution in [2.24, 2.45) is 7.05 Å². The predicted molar refractivity (Wildman–Crippen MR) is 74.7 cm³/mol. The van der Waals surface area contributed by atoms with Gasteiger partial charge < -0.3 is 5.11 Å². The van der Waals surface area contributed by atoms with Crippen molar-refractivity contribution in [2.75, 3.05) is 32.7 Å². The van der Waals surface area contributed by atoms with E-state index in [4.69, 9.17) is 0 Å². The Labute approximate surface area is 119 Å². The van der Waals surface area contributed by atoms with Crippen molar-refractivity contribution in [3.8, 4) is 0 Å². The topological polar surface area (TPSA) is 78.7 Å². The van der Waals surface area contributed by atoms with E-state index < -0.39 is 15.6 Å². The standard InChI is InChI=1S/C12H22N4O3S/c1-12(2,17)10-15-6-8-16(9-7-15)20(18,19)11-4-5-13-14(11)3/h4-5,17H,6-10H2,1-3H3. The summed E-state index contributed by atoms with van der Waals surface area (Å²) in [6.45, 7) is 6.18. The molecular weight excluding hydrogens is 280 g/mol. The van der Waals surface area contributed by atoms with Gasteiger partial charge in [0.1, 0.15) is 0 Å². The highest BCUT2D eigenvalue weighted by Crippen LogP contribution is 2.17. The summed E-state index contributed by atoms with van der Waals surface area (Å²) in [6.07, 6.45) is 1.48. The summed E-state index contributed by atoms with van der Waals surface area (Å²) < 4.78 is 27.8. The molecule has 1 aromatic heterocycles. The molecule has 0 aromatic carbocycles. The van der Waals surface area contributed by atoms with Gasteiger partial charge in [-0.2, -0.15) is 9.40 Å². The number of nitrogens with zero attached hydrogens (tertiary/aromatic N) is 4. The van der Waals surface area contributed by atoms with Crippen LogP contribution in [-0.2, 0) is 17.1 Å². The number of rotatable bonds is 4. The van der Waals surface area contributed by atoms with E-state index in [0.29, 0.717) is 32.7 Å². The number of aliphatic hydroxyl groups is 1. The Morgan fingerprint density at radius 1 is 1.30 bits per heavy atom. The van der Waals surface area contributed by atoms with E-state index in [2.05, 4.69) is 10.00 Å². The van der Waals surface area contributed by atoms with Gasteiger partial charge in [-0.25, -0.2) is 8.42 Å². The fourth-order valence-corrected chi connectivity index (χ4v) is 3.94. The summed E-state index contributed by atoms with van der Waals surface area (Å²) in [4.78, 5) is 2.08. The lowest BCUT2D eigenvalue weighted by Gasteiger charge is -2.36. The number of sulfonamides is 1. The minimum absolute atomic E-state index is 0.216. The van der Waals surface area contributed by atoms with Gasteiger partial charge in [-0.05, 0) is 19.9 Å². The Balaban J connectivity index is 2.02. The summed E-state index contributed by atoms with van der Waals surface area (Å²) in [7, 11) is -1.85. The van der Waals surface area contributed by atoms with Crippen LogP contribution >= 0.6 is 0 Å². The predicted octanol–water partition coefficient (Wildman–Crippen LogP) is -0.503. The van der Waals surface area contributed by atoms with Crippen LogP contribution in [0, 0.1) is 0 Å². The SMILES string of the molecule is Cn1nccc1S(=O)(=O)N1CCN(CC(C)(C)O)CC1. The zero-order valence-corrected chi connectivity index (χ0v) is 13.0. The summed E-state index contributed by atoms with van der Waals surface area (Å²) in [6, 6.07) is 1.51. The Morgan fingerprint density at radius 2 is 1.90 bits per heavy atom. The fraction of sp³-hybridized carbons (Fsp3) is 0.750. The number of hydrogen-bond donors (Lipinski definition) is 1. The van der Waals surface area contributed by atoms with Gasteiger partial charge in [0.25, 0.3) is 10.0 Å². The smallest absolute Gasteiger partial charge is 0.260 e. The average molecular weight is 302 g/mol. The molecule has 1 N–H and O–H groups in total. The molecule has 1 aliphatic rings. The molecule has 1 aromatic rings. The van der Waals surface area contributed by atoms with E-state index in [0.717, 1.165) is 0 Å². The monoisotopic (exact) mass is 302 g/mol. The van der Waals surface area contributed by atoms with E-state index >= 15 is 0 Å². The summed E-state index contributed by atoms with van der Waals surface area (Å²) >= 11 is 0. The van der Waals surface area contributed by atoms with Gasteiger partial charge in [-0.3, -0.25) is 9.58 Å². The van der Waals surface area contributed by atoms with E-state index in [1.165, 1.54) is 21.3 Å². The van der Waals surface area contributed by atoms with Crippen molar-refractivity contribution in [1.29, 1.82) is 0 Å². The first-order valence-electron chi connectivity index (χ1n) is 6.63. The second-order valence-electron chi connectivity index (χ2n) is 5.79. The van der Waals surface area contributed by atoms with E-state index in [1.54, 1.807) is 20.9 Å². The zero-order chi connectivity index (χ0) is 15.0. The van der Waals surface area contributed by atoms with Crippen molar-refractivity contribution in [3.05, 3.63) is 12.3 Å². The molecule has 0 radical (unpaired) electrons. The van der Waals surface area contributed by atoms with Gasteiger partial charge in [0.15, 0.2) is 5.03 Å². The molecule has 0 unspecified atom stereocenters. The van der Waals surface area contributed by atoms with Crippen molar-refractivity contribution in [3.63, 3.8) is 0 Å². The van der Waals surface area contributed by atoms with Gasteiger partial charge in [0, 0.05) is 39.8 Å². The number of aromatic nitrogens is 2. The van der Waals surface area contributed by atoms with Gasteiger partial charge in [-0.15, -0.1) is 0 Å². The van der Waals surface area contributed by atoms with Crippen LogP contribution in [-0.4, -0.2) is 70.8 Å². The molecular formula is C12H22N4O3S. The molecule has 0 spiro atoms. The third-order valence-corrected chi connectivity index (χ3v) is 5.30. The normalized spacial score (nSPS) is 19.4. The molecule has 0 bridgehead atoms. The second kappa shape index (κ2) is 5.44. The van der Waals surface area contributed by atoms with Crippen LogP contribution in [0.2, 0.25) is 0 Å². The molecule has 7 nitrogen and oxygen atoms in total. The van der Waals surface area contributed by atoms with E-state index in [9.17, 15) is 13.5 Å². The van der Waals surface area contributed by atoms with Crippen molar-refractivity contribution in [2.45, 2.75) is 24.5 Å².